The molecular weight excluding hydrogens is 308 g/mol. The van der Waals surface area contributed by atoms with E-state index in [0.29, 0.717) is 12.8 Å². The third-order valence-electron chi connectivity index (χ3n) is 6.09. The van der Waals surface area contributed by atoms with E-state index in [1.807, 2.05) is 0 Å². The summed E-state index contributed by atoms with van der Waals surface area (Å²) in [6, 6.07) is 0. The van der Waals surface area contributed by atoms with Gasteiger partial charge in [0.1, 0.15) is 17.0 Å². The zero-order valence-electron chi connectivity index (χ0n) is 14.9. The maximum Gasteiger partial charge on any atom is 0.132 e. The lowest BCUT2D eigenvalue weighted by molar-refractivity contribution is -0.332. The van der Waals surface area contributed by atoms with Gasteiger partial charge in [-0.05, 0) is 51.4 Å². The van der Waals surface area contributed by atoms with Crippen LogP contribution < -0.4 is 0 Å². The molecule has 0 aromatic carbocycles. The molecule has 0 radical (unpaired) electrons. The second kappa shape index (κ2) is 9.85. The van der Waals surface area contributed by atoms with E-state index in [1.54, 1.807) is 0 Å². The largest absolute Gasteiger partial charge is 0.300 e. The van der Waals surface area contributed by atoms with Gasteiger partial charge in [-0.3, -0.25) is 15.3 Å². The minimum absolute atomic E-state index is 0.266. The van der Waals surface area contributed by atoms with Crippen molar-refractivity contribution >= 4 is 5.78 Å². The van der Waals surface area contributed by atoms with Crippen molar-refractivity contribution in [2.75, 3.05) is 0 Å². The fourth-order valence-electron chi connectivity index (χ4n) is 4.51. The van der Waals surface area contributed by atoms with E-state index in [0.717, 1.165) is 77.0 Å². The highest BCUT2D eigenvalue weighted by Crippen LogP contribution is 2.36. The smallest absolute Gasteiger partial charge is 0.132 e. The molecule has 2 aliphatic rings. The van der Waals surface area contributed by atoms with Crippen LogP contribution in [0.25, 0.3) is 0 Å². The molecule has 0 heterocycles. The molecule has 0 aromatic heterocycles. The predicted octanol–water partition coefficient (Wildman–Crippen LogP) is 5.28. The van der Waals surface area contributed by atoms with Crippen LogP contribution in [0.5, 0.6) is 0 Å². The first-order valence-electron chi connectivity index (χ1n) is 9.81. The van der Waals surface area contributed by atoms with Gasteiger partial charge in [0.15, 0.2) is 0 Å². The lowest BCUT2D eigenvalue weighted by Crippen LogP contribution is -2.34. The van der Waals surface area contributed by atoms with Gasteiger partial charge in [-0.1, -0.05) is 38.5 Å². The van der Waals surface area contributed by atoms with Gasteiger partial charge in [-0.25, -0.2) is 9.78 Å². The molecule has 2 aliphatic carbocycles. The summed E-state index contributed by atoms with van der Waals surface area (Å²) in [5.74, 6) is 0.266. The van der Waals surface area contributed by atoms with E-state index in [9.17, 15) is 15.3 Å². The van der Waals surface area contributed by atoms with Crippen molar-refractivity contribution in [3.63, 3.8) is 0 Å². The van der Waals surface area contributed by atoms with Crippen LogP contribution in [0.2, 0.25) is 0 Å². The van der Waals surface area contributed by atoms with Gasteiger partial charge in [0.2, 0.25) is 0 Å². The fourth-order valence-corrected chi connectivity index (χ4v) is 4.51. The highest BCUT2D eigenvalue weighted by atomic mass is 17.1. The summed E-state index contributed by atoms with van der Waals surface area (Å²) in [6.07, 6.45) is 14.6. The minimum atomic E-state index is -0.407. The molecule has 0 aliphatic heterocycles. The molecule has 24 heavy (non-hydrogen) atoms. The Morgan fingerprint density at radius 3 is 1.42 bits per heavy atom. The number of hydrogen-bond donors (Lipinski definition) is 2. The van der Waals surface area contributed by atoms with Gasteiger partial charge in [0, 0.05) is 12.8 Å². The van der Waals surface area contributed by atoms with Crippen LogP contribution in [0.4, 0.5) is 0 Å². The van der Waals surface area contributed by atoms with Gasteiger partial charge in [0.05, 0.1) is 0 Å². The van der Waals surface area contributed by atoms with Crippen molar-refractivity contribution < 1.29 is 25.1 Å². The number of hydrogen-bond acceptors (Lipinski definition) is 5. The average Bonchev–Trinajstić information content (AvgIpc) is 2.63. The molecule has 0 unspecified atom stereocenters. The van der Waals surface area contributed by atoms with E-state index >= 15 is 0 Å². The zero-order valence-corrected chi connectivity index (χ0v) is 14.9. The standard InChI is InChI=1S/C19H34O5/c20-17(9-7-15-18(23-21)11-3-1-4-12-18)10-8-16-19(24-22)13-5-2-6-14-19/h21-22H,1-16H2. The first-order chi connectivity index (χ1) is 11.6. The maximum absolute atomic E-state index is 12.1. The summed E-state index contributed by atoms with van der Waals surface area (Å²) in [4.78, 5) is 21.7. The fraction of sp³-hybridized carbons (Fsp3) is 0.947. The molecule has 140 valence electrons. The molecule has 0 amide bonds. The molecule has 0 saturated heterocycles. The molecular formula is C19H34O5. The predicted molar refractivity (Wildman–Crippen MR) is 91.8 cm³/mol. The van der Waals surface area contributed by atoms with E-state index in [1.165, 1.54) is 12.8 Å². The van der Waals surface area contributed by atoms with Crippen LogP contribution in [0, 0.1) is 0 Å². The molecule has 0 spiro atoms. The molecule has 0 atom stereocenters. The third-order valence-corrected chi connectivity index (χ3v) is 6.09. The Hall–Kier alpha value is -0.490. The summed E-state index contributed by atoms with van der Waals surface area (Å²) in [7, 11) is 0. The van der Waals surface area contributed by atoms with Gasteiger partial charge in [0.25, 0.3) is 0 Å². The van der Waals surface area contributed by atoms with Crippen molar-refractivity contribution in [2.24, 2.45) is 0 Å². The van der Waals surface area contributed by atoms with Gasteiger partial charge < -0.3 is 0 Å². The average molecular weight is 342 g/mol. The molecule has 2 N–H and O–H groups in total. The maximum atomic E-state index is 12.1. The molecule has 5 heteroatoms. The Kier molecular flexibility index (Phi) is 8.14. The van der Waals surface area contributed by atoms with Crippen LogP contribution in [0.3, 0.4) is 0 Å². The summed E-state index contributed by atoms with van der Waals surface area (Å²) in [5.41, 5.74) is -0.815. The minimum Gasteiger partial charge on any atom is -0.300 e. The van der Waals surface area contributed by atoms with Crippen LogP contribution >= 0.6 is 0 Å². The highest BCUT2D eigenvalue weighted by Gasteiger charge is 2.34. The number of carbonyl (C=O) groups is 1. The first-order valence-corrected chi connectivity index (χ1v) is 9.81. The molecule has 0 bridgehead atoms. The highest BCUT2D eigenvalue weighted by molar-refractivity contribution is 5.78. The summed E-state index contributed by atoms with van der Waals surface area (Å²) >= 11 is 0. The molecule has 2 rings (SSSR count). The molecule has 5 nitrogen and oxygen atoms in total. The van der Waals surface area contributed by atoms with Crippen molar-refractivity contribution in [3.8, 4) is 0 Å². The van der Waals surface area contributed by atoms with E-state index < -0.39 is 11.2 Å². The Morgan fingerprint density at radius 2 is 1.08 bits per heavy atom. The van der Waals surface area contributed by atoms with Crippen molar-refractivity contribution in [3.05, 3.63) is 0 Å². The van der Waals surface area contributed by atoms with Crippen LogP contribution in [-0.4, -0.2) is 27.5 Å². The van der Waals surface area contributed by atoms with E-state index in [2.05, 4.69) is 0 Å². The quantitative estimate of drug-likeness (QED) is 0.417. The first kappa shape index (κ1) is 19.8. The number of carbonyl (C=O) groups excluding carboxylic acids is 1. The van der Waals surface area contributed by atoms with Gasteiger partial charge in [-0.2, -0.15) is 0 Å². The van der Waals surface area contributed by atoms with Crippen LogP contribution in [0.1, 0.15) is 103 Å². The Morgan fingerprint density at radius 1 is 0.708 bits per heavy atom. The summed E-state index contributed by atoms with van der Waals surface area (Å²) in [5, 5.41) is 18.5. The second-order valence-corrected chi connectivity index (χ2v) is 7.92. The topological polar surface area (TPSA) is 76.0 Å². The van der Waals surface area contributed by atoms with E-state index in [4.69, 9.17) is 9.78 Å². The Labute approximate surface area is 145 Å². The summed E-state index contributed by atoms with van der Waals surface area (Å²) in [6.45, 7) is 0. The van der Waals surface area contributed by atoms with Gasteiger partial charge >= 0.3 is 0 Å². The Bertz CT molecular complexity index is 336. The van der Waals surface area contributed by atoms with Crippen molar-refractivity contribution in [1.29, 1.82) is 0 Å². The van der Waals surface area contributed by atoms with Crippen LogP contribution in [-0.2, 0) is 14.6 Å². The number of ketones is 1. The normalized spacial score (nSPS) is 23.1. The Balaban J connectivity index is 1.62. The monoisotopic (exact) mass is 342 g/mol. The lowest BCUT2D eigenvalue weighted by atomic mass is 9.80. The third kappa shape index (κ3) is 5.80. The van der Waals surface area contributed by atoms with Crippen molar-refractivity contribution in [2.45, 2.75) is 114 Å². The number of rotatable bonds is 10. The second-order valence-electron chi connectivity index (χ2n) is 7.92. The molecule has 0 aromatic rings. The van der Waals surface area contributed by atoms with Crippen LogP contribution in [0.15, 0.2) is 0 Å². The van der Waals surface area contributed by atoms with E-state index in [-0.39, 0.29) is 5.78 Å². The number of Topliss-reactive ketones (excluding diaryl/α,β-unsaturated/α-hetero) is 1. The van der Waals surface area contributed by atoms with Crippen molar-refractivity contribution in [1.82, 2.24) is 0 Å². The van der Waals surface area contributed by atoms with Gasteiger partial charge in [-0.15, -0.1) is 0 Å². The lowest BCUT2D eigenvalue weighted by Gasteiger charge is -2.34. The zero-order chi connectivity index (χ0) is 17.3. The SMILES string of the molecule is O=C(CCCC1(OO)CCCCC1)CCCC1(OO)CCCCC1. The summed E-state index contributed by atoms with van der Waals surface area (Å²) < 4.78 is 0. The molecule has 2 saturated carbocycles. The molecule has 2 fully saturated rings.